The number of carbonyl (C=O) groups excluding carboxylic acids is 2. The van der Waals surface area contributed by atoms with E-state index >= 15 is 0 Å². The van der Waals surface area contributed by atoms with E-state index in [0.29, 0.717) is 39.8 Å². The van der Waals surface area contributed by atoms with Crippen LogP contribution >= 0.6 is 23.1 Å². The monoisotopic (exact) mass is 515 g/mol. The number of anilines is 1. The Hall–Kier alpha value is -3.05. The molecule has 1 unspecified atom stereocenters. The second kappa shape index (κ2) is 11.1. The Kier molecular flexibility index (Phi) is 7.97. The SMILES string of the molecule is CCn1c(COc2ccc(OC)cc2)nnc1SCC(=O)Nc1sc2c(c1C(N)=O)CCC(C)C2. The topological polar surface area (TPSA) is 121 Å². The predicted molar refractivity (Wildman–Crippen MR) is 136 cm³/mol. The van der Waals surface area contributed by atoms with Crippen molar-refractivity contribution in [1.82, 2.24) is 14.8 Å². The molecule has 3 aromatic rings. The quantitative estimate of drug-likeness (QED) is 0.393. The molecule has 186 valence electrons. The third kappa shape index (κ3) is 5.79. The van der Waals surface area contributed by atoms with Gasteiger partial charge in [0.15, 0.2) is 11.0 Å². The maximum atomic E-state index is 12.7. The number of ether oxygens (including phenoxy) is 2. The molecule has 1 aliphatic rings. The Morgan fingerprint density at radius 1 is 1.26 bits per heavy atom. The number of thiophene rings is 1. The average molecular weight is 516 g/mol. The molecule has 11 heteroatoms. The van der Waals surface area contributed by atoms with Crippen LogP contribution in [0.25, 0.3) is 0 Å². The Morgan fingerprint density at radius 2 is 2.00 bits per heavy atom. The van der Waals surface area contributed by atoms with Gasteiger partial charge in [0.05, 0.1) is 18.4 Å². The number of benzene rings is 1. The fourth-order valence-corrected chi connectivity index (χ4v) is 6.32. The van der Waals surface area contributed by atoms with Crippen LogP contribution in [0.2, 0.25) is 0 Å². The lowest BCUT2D eigenvalue weighted by molar-refractivity contribution is -0.113. The first kappa shape index (κ1) is 25.1. The van der Waals surface area contributed by atoms with Crippen molar-refractivity contribution in [2.24, 2.45) is 11.7 Å². The fourth-order valence-electron chi connectivity index (χ4n) is 4.06. The van der Waals surface area contributed by atoms with Crippen molar-refractivity contribution in [3.63, 3.8) is 0 Å². The van der Waals surface area contributed by atoms with Gasteiger partial charge in [-0.15, -0.1) is 21.5 Å². The van der Waals surface area contributed by atoms with E-state index in [1.807, 2.05) is 35.8 Å². The Morgan fingerprint density at radius 3 is 2.69 bits per heavy atom. The van der Waals surface area contributed by atoms with E-state index in [1.165, 1.54) is 23.1 Å². The molecule has 3 N–H and O–H groups in total. The van der Waals surface area contributed by atoms with Crippen molar-refractivity contribution in [3.8, 4) is 11.5 Å². The number of rotatable bonds is 10. The van der Waals surface area contributed by atoms with Crippen molar-refractivity contribution in [2.75, 3.05) is 18.2 Å². The third-order valence-corrected chi connectivity index (χ3v) is 8.02. The van der Waals surface area contributed by atoms with E-state index in [1.54, 1.807) is 7.11 Å². The second-order valence-electron chi connectivity index (χ2n) is 8.36. The Bertz CT molecular complexity index is 1210. The van der Waals surface area contributed by atoms with Crippen LogP contribution in [-0.4, -0.2) is 39.4 Å². The van der Waals surface area contributed by atoms with Crippen LogP contribution in [0.5, 0.6) is 11.5 Å². The molecule has 0 saturated heterocycles. The van der Waals surface area contributed by atoms with Crippen LogP contribution < -0.4 is 20.5 Å². The van der Waals surface area contributed by atoms with Crippen LogP contribution in [-0.2, 0) is 30.8 Å². The molecule has 0 saturated carbocycles. The summed E-state index contributed by atoms with van der Waals surface area (Å²) in [6.07, 6.45) is 2.74. The van der Waals surface area contributed by atoms with Gasteiger partial charge in [-0.25, -0.2) is 0 Å². The molecule has 4 rings (SSSR count). The maximum Gasteiger partial charge on any atom is 0.251 e. The van der Waals surface area contributed by atoms with Crippen molar-refractivity contribution < 1.29 is 19.1 Å². The van der Waals surface area contributed by atoms with Crippen LogP contribution in [0.3, 0.4) is 0 Å². The zero-order valence-electron chi connectivity index (χ0n) is 20.0. The smallest absolute Gasteiger partial charge is 0.251 e. The highest BCUT2D eigenvalue weighted by Crippen LogP contribution is 2.39. The minimum Gasteiger partial charge on any atom is -0.497 e. The molecule has 1 atom stereocenters. The highest BCUT2D eigenvalue weighted by atomic mass is 32.2. The molecule has 0 bridgehead atoms. The molecule has 35 heavy (non-hydrogen) atoms. The summed E-state index contributed by atoms with van der Waals surface area (Å²) in [6.45, 7) is 5.07. The molecule has 2 aromatic heterocycles. The van der Waals surface area contributed by atoms with Gasteiger partial charge in [-0.05, 0) is 61.9 Å². The summed E-state index contributed by atoms with van der Waals surface area (Å²) in [7, 11) is 1.62. The number of nitrogens with zero attached hydrogens (tertiary/aromatic N) is 3. The summed E-state index contributed by atoms with van der Waals surface area (Å²) in [5.74, 6) is 2.11. The van der Waals surface area contributed by atoms with Gasteiger partial charge in [0.1, 0.15) is 23.1 Å². The largest absolute Gasteiger partial charge is 0.497 e. The summed E-state index contributed by atoms with van der Waals surface area (Å²) < 4.78 is 12.9. The number of thioether (sulfide) groups is 1. The normalized spacial score (nSPS) is 14.9. The van der Waals surface area contributed by atoms with Crippen LogP contribution in [0.4, 0.5) is 5.00 Å². The Balaban J connectivity index is 1.38. The van der Waals surface area contributed by atoms with Gasteiger partial charge in [-0.1, -0.05) is 18.7 Å². The third-order valence-electron chi connectivity index (χ3n) is 5.88. The van der Waals surface area contributed by atoms with E-state index < -0.39 is 5.91 Å². The molecule has 0 fully saturated rings. The van der Waals surface area contributed by atoms with Crippen molar-refractivity contribution >= 4 is 39.9 Å². The number of amides is 2. The van der Waals surface area contributed by atoms with E-state index in [-0.39, 0.29) is 18.3 Å². The van der Waals surface area contributed by atoms with E-state index in [2.05, 4.69) is 22.4 Å². The molecule has 0 spiro atoms. The lowest BCUT2D eigenvalue weighted by Gasteiger charge is -2.18. The number of hydrogen-bond donors (Lipinski definition) is 2. The standard InChI is InChI=1S/C24H29N5O4S2/c1-4-29-19(12-33-16-8-6-15(32-3)7-9-16)27-28-24(29)34-13-20(30)26-23-21(22(25)31)17-10-5-14(2)11-18(17)35-23/h6-9,14H,4-5,10-13H2,1-3H3,(H2,25,31)(H,26,30). The first-order valence-corrected chi connectivity index (χ1v) is 13.3. The number of hydrogen-bond acceptors (Lipinski definition) is 8. The van der Waals surface area contributed by atoms with Crippen LogP contribution in [0.15, 0.2) is 29.4 Å². The van der Waals surface area contributed by atoms with Crippen LogP contribution in [0, 0.1) is 5.92 Å². The number of nitrogens with one attached hydrogen (secondary N) is 1. The molecule has 0 radical (unpaired) electrons. The number of fused-ring (bicyclic) bond motifs is 1. The Labute approximate surface area is 212 Å². The molecule has 1 aliphatic carbocycles. The number of methoxy groups -OCH3 is 1. The molecule has 2 heterocycles. The van der Waals surface area contributed by atoms with Crippen molar-refractivity contribution in [3.05, 3.63) is 46.1 Å². The summed E-state index contributed by atoms with van der Waals surface area (Å²) in [5.41, 5.74) is 7.11. The first-order chi connectivity index (χ1) is 16.9. The average Bonchev–Trinajstić information content (AvgIpc) is 3.41. The number of primary amides is 1. The predicted octanol–water partition coefficient (Wildman–Crippen LogP) is 3.90. The highest BCUT2D eigenvalue weighted by molar-refractivity contribution is 7.99. The molecule has 0 aliphatic heterocycles. The van der Waals surface area contributed by atoms with Gasteiger partial charge in [-0.2, -0.15) is 0 Å². The van der Waals surface area contributed by atoms with Crippen LogP contribution in [0.1, 0.15) is 46.9 Å². The first-order valence-electron chi connectivity index (χ1n) is 11.5. The van der Waals surface area contributed by atoms with Gasteiger partial charge in [0.2, 0.25) is 5.91 Å². The number of aromatic nitrogens is 3. The molecule has 9 nitrogen and oxygen atoms in total. The zero-order chi connectivity index (χ0) is 24.9. The van der Waals surface area contributed by atoms with Crippen molar-refractivity contribution in [2.45, 2.75) is 51.4 Å². The van der Waals surface area contributed by atoms with E-state index in [4.69, 9.17) is 15.2 Å². The molecular weight excluding hydrogens is 486 g/mol. The summed E-state index contributed by atoms with van der Waals surface area (Å²) in [4.78, 5) is 26.0. The number of carbonyl (C=O) groups is 2. The molecule has 1 aromatic carbocycles. The van der Waals surface area contributed by atoms with E-state index in [0.717, 1.165) is 35.5 Å². The minimum absolute atomic E-state index is 0.134. The van der Waals surface area contributed by atoms with Crippen molar-refractivity contribution in [1.29, 1.82) is 0 Å². The minimum atomic E-state index is -0.493. The second-order valence-corrected chi connectivity index (χ2v) is 10.4. The summed E-state index contributed by atoms with van der Waals surface area (Å²) >= 11 is 2.75. The number of nitrogens with two attached hydrogens (primary N) is 1. The highest BCUT2D eigenvalue weighted by Gasteiger charge is 2.27. The van der Waals surface area contributed by atoms with Gasteiger partial charge in [0.25, 0.3) is 5.91 Å². The molecule has 2 amide bonds. The van der Waals surface area contributed by atoms with Gasteiger partial charge in [-0.3, -0.25) is 9.59 Å². The van der Waals surface area contributed by atoms with E-state index in [9.17, 15) is 9.59 Å². The maximum absolute atomic E-state index is 12.7. The van der Waals surface area contributed by atoms with Gasteiger partial charge >= 0.3 is 0 Å². The summed E-state index contributed by atoms with van der Waals surface area (Å²) in [5, 5.41) is 12.6. The fraction of sp³-hybridized carbons (Fsp3) is 0.417. The lowest BCUT2D eigenvalue weighted by Crippen LogP contribution is -2.20. The zero-order valence-corrected chi connectivity index (χ0v) is 21.6. The summed E-state index contributed by atoms with van der Waals surface area (Å²) in [6, 6.07) is 7.31. The molecular formula is C24H29N5O4S2. The van der Waals surface area contributed by atoms with Gasteiger partial charge < -0.3 is 25.1 Å². The lowest BCUT2D eigenvalue weighted by atomic mass is 9.88. The van der Waals surface area contributed by atoms with Gasteiger partial charge in [0, 0.05) is 11.4 Å².